The van der Waals surface area contributed by atoms with Crippen LogP contribution in [0.5, 0.6) is 5.75 Å². The Balaban J connectivity index is 0.000000492. The maximum absolute atomic E-state index is 9.93. The number of rotatable bonds is 0. The predicted molar refractivity (Wildman–Crippen MR) is 86.5 cm³/mol. The van der Waals surface area contributed by atoms with Gasteiger partial charge in [0.15, 0.2) is 0 Å². The topological polar surface area (TPSA) is 32.3 Å². The van der Waals surface area contributed by atoms with E-state index >= 15 is 0 Å². The Labute approximate surface area is 124 Å². The Morgan fingerprint density at radius 2 is 1.89 bits per heavy atom. The molecule has 0 saturated heterocycles. The number of benzene rings is 1. The number of halogens is 1. The van der Waals surface area contributed by atoms with E-state index in [1.165, 1.54) is 24.0 Å². The smallest absolute Gasteiger partial charge is 0.132 e. The largest absolute Gasteiger partial charge is 0.507 e. The van der Waals surface area contributed by atoms with Crippen molar-refractivity contribution < 1.29 is 5.11 Å². The van der Waals surface area contributed by atoms with E-state index in [2.05, 4.69) is 47.8 Å². The van der Waals surface area contributed by atoms with E-state index in [0.717, 1.165) is 15.6 Å². The molecule has 0 amide bonds. The highest BCUT2D eigenvalue weighted by atomic mass is 127. The fraction of sp³-hybridized carbons (Fsp3) is 0.600. The number of hydrogen-bond acceptors (Lipinski definition) is 2. The Hall–Kier alpha value is -0.290. The number of aryl methyl sites for hydroxylation is 1. The van der Waals surface area contributed by atoms with Gasteiger partial charge in [-0.25, -0.2) is 0 Å². The van der Waals surface area contributed by atoms with Gasteiger partial charge in [0.25, 0.3) is 0 Å². The van der Waals surface area contributed by atoms with Gasteiger partial charge < -0.3 is 10.4 Å². The van der Waals surface area contributed by atoms with Gasteiger partial charge in [-0.3, -0.25) is 0 Å². The van der Waals surface area contributed by atoms with E-state index < -0.39 is 0 Å². The zero-order valence-electron chi connectivity index (χ0n) is 12.0. The van der Waals surface area contributed by atoms with Crippen LogP contribution in [0.1, 0.15) is 43.4 Å². The number of aromatic hydroxyl groups is 1. The van der Waals surface area contributed by atoms with Gasteiger partial charge in [-0.1, -0.05) is 19.9 Å². The van der Waals surface area contributed by atoms with Crippen molar-refractivity contribution in [2.75, 3.05) is 14.1 Å². The third-order valence-corrected chi connectivity index (χ3v) is 4.65. The monoisotopic (exact) mass is 361 g/mol. The first-order valence-electron chi connectivity index (χ1n) is 6.45. The van der Waals surface area contributed by atoms with E-state index in [4.69, 9.17) is 0 Å². The quantitative estimate of drug-likeness (QED) is 0.690. The van der Waals surface area contributed by atoms with Gasteiger partial charge in [0, 0.05) is 0 Å². The van der Waals surface area contributed by atoms with Crippen LogP contribution in [0.2, 0.25) is 0 Å². The molecule has 0 bridgehead atoms. The molecule has 2 nitrogen and oxygen atoms in total. The molecule has 1 aromatic rings. The second kappa shape index (κ2) is 6.24. The molecule has 1 aromatic carbocycles. The average Bonchev–Trinajstić information content (AvgIpc) is 2.28. The molecule has 0 spiro atoms. The summed E-state index contributed by atoms with van der Waals surface area (Å²) < 4.78 is 1.07. The molecule has 0 unspecified atom stereocenters. The van der Waals surface area contributed by atoms with Crippen LogP contribution >= 0.6 is 22.6 Å². The Morgan fingerprint density at radius 3 is 2.44 bits per heavy atom. The van der Waals surface area contributed by atoms with Crippen LogP contribution in [-0.4, -0.2) is 19.2 Å². The van der Waals surface area contributed by atoms with Crippen LogP contribution in [0.4, 0.5) is 0 Å². The van der Waals surface area contributed by atoms with Crippen molar-refractivity contribution in [1.29, 1.82) is 0 Å². The molecule has 0 aliphatic heterocycles. The molecule has 0 atom stereocenters. The lowest BCUT2D eigenvalue weighted by atomic mass is 9.72. The first-order chi connectivity index (χ1) is 8.35. The molecule has 0 radical (unpaired) electrons. The highest BCUT2D eigenvalue weighted by molar-refractivity contribution is 14.1. The molecule has 18 heavy (non-hydrogen) atoms. The Kier molecular flexibility index (Phi) is 5.46. The Bertz CT molecular complexity index is 427. The van der Waals surface area contributed by atoms with Crippen LogP contribution in [0.3, 0.4) is 0 Å². The summed E-state index contributed by atoms with van der Waals surface area (Å²) in [6, 6.07) is 2.17. The third-order valence-electron chi connectivity index (χ3n) is 3.49. The van der Waals surface area contributed by atoms with Gasteiger partial charge in [0.05, 0.1) is 3.57 Å². The standard InChI is InChI=1S/C13H17IO.C2H7N/c1-8-7-10-9(11(14)12(8)15)5-4-6-13(10,2)3;1-3-2/h7,15H,4-6H2,1-3H3;3H,1-2H3. The van der Waals surface area contributed by atoms with Crippen LogP contribution in [0.15, 0.2) is 6.07 Å². The molecule has 102 valence electrons. The summed E-state index contributed by atoms with van der Waals surface area (Å²) in [5, 5.41) is 12.7. The fourth-order valence-electron chi connectivity index (χ4n) is 2.50. The van der Waals surface area contributed by atoms with E-state index in [-0.39, 0.29) is 5.41 Å². The van der Waals surface area contributed by atoms with Crippen molar-refractivity contribution in [3.63, 3.8) is 0 Å². The number of nitrogens with one attached hydrogen (secondary N) is 1. The molecule has 0 aromatic heterocycles. The summed E-state index contributed by atoms with van der Waals surface area (Å²) in [6.45, 7) is 6.59. The van der Waals surface area contributed by atoms with Crippen molar-refractivity contribution in [3.05, 3.63) is 26.3 Å². The molecular weight excluding hydrogens is 337 g/mol. The van der Waals surface area contributed by atoms with E-state index in [0.29, 0.717) is 5.75 Å². The summed E-state index contributed by atoms with van der Waals surface area (Å²) in [5.74, 6) is 0.479. The van der Waals surface area contributed by atoms with E-state index in [1.54, 1.807) is 0 Å². The summed E-state index contributed by atoms with van der Waals surface area (Å²) in [7, 11) is 3.75. The van der Waals surface area contributed by atoms with Gasteiger partial charge >= 0.3 is 0 Å². The molecule has 2 N–H and O–H groups in total. The molecule has 0 saturated carbocycles. The minimum absolute atomic E-state index is 0.270. The average molecular weight is 361 g/mol. The Morgan fingerprint density at radius 1 is 1.33 bits per heavy atom. The van der Waals surface area contributed by atoms with Crippen molar-refractivity contribution in [3.8, 4) is 5.75 Å². The summed E-state index contributed by atoms with van der Waals surface area (Å²) in [4.78, 5) is 0. The second-order valence-corrected chi connectivity index (χ2v) is 6.70. The zero-order chi connectivity index (χ0) is 13.9. The summed E-state index contributed by atoms with van der Waals surface area (Å²) >= 11 is 2.28. The highest BCUT2D eigenvalue weighted by Gasteiger charge is 2.29. The van der Waals surface area contributed by atoms with Crippen molar-refractivity contribution in [1.82, 2.24) is 5.32 Å². The van der Waals surface area contributed by atoms with Crippen LogP contribution in [-0.2, 0) is 11.8 Å². The highest BCUT2D eigenvalue weighted by Crippen LogP contribution is 2.42. The van der Waals surface area contributed by atoms with Crippen molar-refractivity contribution in [2.24, 2.45) is 0 Å². The molecule has 1 aliphatic rings. The normalized spacial score (nSPS) is 16.6. The lowest BCUT2D eigenvalue weighted by Gasteiger charge is -2.33. The van der Waals surface area contributed by atoms with Crippen LogP contribution in [0.25, 0.3) is 0 Å². The first-order valence-corrected chi connectivity index (χ1v) is 7.53. The lowest BCUT2D eigenvalue weighted by molar-refractivity contribution is 0.422. The number of fused-ring (bicyclic) bond motifs is 1. The SMILES string of the molecule is CNC.Cc1cc2c(c(I)c1O)CCCC2(C)C. The summed E-state index contributed by atoms with van der Waals surface area (Å²) in [5.41, 5.74) is 4.09. The molecule has 0 fully saturated rings. The number of phenolic OH excluding ortho intramolecular Hbond substituents is 1. The van der Waals surface area contributed by atoms with Gasteiger partial charge in [-0.05, 0) is 85.0 Å². The maximum atomic E-state index is 9.93. The fourth-order valence-corrected chi connectivity index (χ4v) is 3.48. The maximum Gasteiger partial charge on any atom is 0.132 e. The van der Waals surface area contributed by atoms with Gasteiger partial charge in [0.2, 0.25) is 0 Å². The molecule has 3 heteroatoms. The second-order valence-electron chi connectivity index (χ2n) is 5.62. The van der Waals surface area contributed by atoms with E-state index in [9.17, 15) is 5.11 Å². The predicted octanol–water partition coefficient (Wildman–Crippen LogP) is 3.75. The molecule has 0 heterocycles. The minimum atomic E-state index is 0.270. The molecule has 1 aliphatic carbocycles. The summed E-state index contributed by atoms with van der Waals surface area (Å²) in [6.07, 6.45) is 3.60. The zero-order valence-corrected chi connectivity index (χ0v) is 14.2. The van der Waals surface area contributed by atoms with Gasteiger partial charge in [-0.15, -0.1) is 0 Å². The molecule has 2 rings (SSSR count). The van der Waals surface area contributed by atoms with Gasteiger partial charge in [-0.2, -0.15) is 0 Å². The number of phenols is 1. The van der Waals surface area contributed by atoms with Gasteiger partial charge in [0.1, 0.15) is 5.75 Å². The lowest BCUT2D eigenvalue weighted by Crippen LogP contribution is -2.24. The third kappa shape index (κ3) is 3.18. The van der Waals surface area contributed by atoms with Crippen LogP contribution in [0, 0.1) is 10.5 Å². The molecular formula is C15H24INO. The van der Waals surface area contributed by atoms with E-state index in [1.807, 2.05) is 21.0 Å². The van der Waals surface area contributed by atoms with Crippen molar-refractivity contribution in [2.45, 2.75) is 45.4 Å². The van der Waals surface area contributed by atoms with Crippen molar-refractivity contribution >= 4 is 22.6 Å². The van der Waals surface area contributed by atoms with Crippen LogP contribution < -0.4 is 5.32 Å². The number of hydrogen-bond donors (Lipinski definition) is 2. The first kappa shape index (κ1) is 15.8. The minimum Gasteiger partial charge on any atom is -0.507 e.